The van der Waals surface area contributed by atoms with Crippen LogP contribution in [0.2, 0.25) is 0 Å². The average molecular weight is 532 g/mol. The number of anilines is 3. The number of hydrogen-bond donors (Lipinski definition) is 3. The molecule has 2 aromatic carbocycles. The highest BCUT2D eigenvalue weighted by atomic mass is 16.7. The molecule has 0 saturated carbocycles. The Morgan fingerprint density at radius 1 is 0.949 bits per heavy atom. The third-order valence-electron chi connectivity index (χ3n) is 6.30. The van der Waals surface area contributed by atoms with Crippen molar-refractivity contribution in [3.8, 4) is 0 Å². The molecule has 39 heavy (non-hydrogen) atoms. The number of urea groups is 1. The van der Waals surface area contributed by atoms with Crippen molar-refractivity contribution in [1.29, 1.82) is 0 Å². The Kier molecular flexibility index (Phi) is 8.90. The Morgan fingerprint density at radius 2 is 1.64 bits per heavy atom. The summed E-state index contributed by atoms with van der Waals surface area (Å²) in [5.74, 6) is -0.617. The molecule has 1 aliphatic rings. The standard InChI is InChI=1S/C29H33N5O5/c1-4-38-26(39-5-2)19-34-23-11-7-6-10-22(23)29(27(34)36,18-25(35)32-24-12-8-9-17-30-24)33-28(37)31-21-15-13-20(3)14-16-21/h6-17,26H,4-5,18-19H2,1-3H3,(H,30,32,35)(H2,31,33,37)/t29-/m0/s1. The van der Waals surface area contributed by atoms with Gasteiger partial charge in [-0.25, -0.2) is 9.78 Å². The van der Waals surface area contributed by atoms with E-state index in [2.05, 4.69) is 20.9 Å². The van der Waals surface area contributed by atoms with E-state index in [0.29, 0.717) is 36.0 Å². The molecule has 0 spiro atoms. The lowest BCUT2D eigenvalue weighted by Crippen LogP contribution is -2.56. The van der Waals surface area contributed by atoms with Gasteiger partial charge >= 0.3 is 6.03 Å². The fraction of sp³-hybridized carbons (Fsp3) is 0.310. The van der Waals surface area contributed by atoms with Crippen molar-refractivity contribution in [1.82, 2.24) is 10.3 Å². The normalized spacial score (nSPS) is 16.2. The van der Waals surface area contributed by atoms with E-state index < -0.39 is 29.7 Å². The molecule has 4 rings (SSSR count). The molecule has 0 bridgehead atoms. The Hall–Kier alpha value is -4.28. The number of para-hydroxylation sites is 1. The predicted molar refractivity (Wildman–Crippen MR) is 148 cm³/mol. The summed E-state index contributed by atoms with van der Waals surface area (Å²) >= 11 is 0. The number of nitrogens with one attached hydrogen (secondary N) is 3. The van der Waals surface area contributed by atoms with E-state index in [1.54, 1.807) is 60.8 Å². The molecule has 3 aromatic rings. The minimum atomic E-state index is -1.69. The number of pyridine rings is 1. The first-order chi connectivity index (χ1) is 18.9. The van der Waals surface area contributed by atoms with Gasteiger partial charge in [-0.15, -0.1) is 0 Å². The number of benzene rings is 2. The first kappa shape index (κ1) is 27.7. The van der Waals surface area contributed by atoms with Crippen LogP contribution in [0.15, 0.2) is 72.9 Å². The smallest absolute Gasteiger partial charge is 0.320 e. The largest absolute Gasteiger partial charge is 0.351 e. The number of ether oxygens (including phenoxy) is 2. The van der Waals surface area contributed by atoms with Crippen LogP contribution >= 0.6 is 0 Å². The van der Waals surface area contributed by atoms with Gasteiger partial charge in [0.2, 0.25) is 5.91 Å². The van der Waals surface area contributed by atoms with E-state index >= 15 is 0 Å². The van der Waals surface area contributed by atoms with Crippen LogP contribution in [0.1, 0.15) is 31.4 Å². The number of carbonyl (C=O) groups excluding carboxylic acids is 3. The molecular weight excluding hydrogens is 498 g/mol. The van der Waals surface area contributed by atoms with Crippen molar-refractivity contribution in [3.63, 3.8) is 0 Å². The molecule has 1 aromatic heterocycles. The van der Waals surface area contributed by atoms with Crippen LogP contribution in [-0.2, 0) is 24.6 Å². The third-order valence-corrected chi connectivity index (χ3v) is 6.30. The second-order valence-corrected chi connectivity index (χ2v) is 9.06. The number of aryl methyl sites for hydroxylation is 1. The molecule has 0 fully saturated rings. The SMILES string of the molecule is CCOC(CN1C(=O)[C@@](CC(=O)Nc2ccccn2)(NC(=O)Nc2ccc(C)cc2)c2ccccc21)OCC. The van der Waals surface area contributed by atoms with Gasteiger partial charge in [-0.3, -0.25) is 9.59 Å². The van der Waals surface area contributed by atoms with Crippen LogP contribution in [0.25, 0.3) is 0 Å². The van der Waals surface area contributed by atoms with E-state index in [4.69, 9.17) is 9.47 Å². The maximum atomic E-state index is 14.2. The van der Waals surface area contributed by atoms with E-state index in [9.17, 15) is 14.4 Å². The second-order valence-electron chi connectivity index (χ2n) is 9.06. The summed E-state index contributed by atoms with van der Waals surface area (Å²) in [6.07, 6.45) is 0.514. The molecule has 4 amide bonds. The third kappa shape index (κ3) is 6.42. The van der Waals surface area contributed by atoms with E-state index in [1.807, 2.05) is 32.9 Å². The van der Waals surface area contributed by atoms with Crippen LogP contribution in [0.5, 0.6) is 0 Å². The van der Waals surface area contributed by atoms with Crippen molar-refractivity contribution < 1.29 is 23.9 Å². The number of fused-ring (bicyclic) bond motifs is 1. The highest BCUT2D eigenvalue weighted by Crippen LogP contribution is 2.43. The van der Waals surface area contributed by atoms with Gasteiger partial charge in [-0.05, 0) is 51.1 Å². The summed E-state index contributed by atoms with van der Waals surface area (Å²) in [7, 11) is 0. The summed E-state index contributed by atoms with van der Waals surface area (Å²) in [5.41, 5.74) is 0.963. The van der Waals surface area contributed by atoms with Crippen molar-refractivity contribution in [2.75, 3.05) is 35.3 Å². The highest BCUT2D eigenvalue weighted by molar-refractivity contribution is 6.12. The van der Waals surface area contributed by atoms with Gasteiger partial charge in [0.05, 0.1) is 18.7 Å². The predicted octanol–water partition coefficient (Wildman–Crippen LogP) is 4.18. The number of hydrogen-bond acceptors (Lipinski definition) is 6. The van der Waals surface area contributed by atoms with Crippen molar-refractivity contribution >= 4 is 35.0 Å². The Labute approximate surface area is 227 Å². The van der Waals surface area contributed by atoms with Crippen LogP contribution in [0.3, 0.4) is 0 Å². The summed E-state index contributed by atoms with van der Waals surface area (Å²) in [6, 6.07) is 18.8. The first-order valence-electron chi connectivity index (χ1n) is 12.9. The Bertz CT molecular complexity index is 1290. The van der Waals surface area contributed by atoms with E-state index in [1.165, 1.54) is 4.90 Å². The topological polar surface area (TPSA) is 122 Å². The van der Waals surface area contributed by atoms with Crippen LogP contribution in [0, 0.1) is 6.92 Å². The minimum absolute atomic E-state index is 0.0857. The second kappa shape index (κ2) is 12.5. The molecule has 1 atom stereocenters. The summed E-state index contributed by atoms with van der Waals surface area (Å²) in [5, 5.41) is 8.35. The summed E-state index contributed by atoms with van der Waals surface area (Å²) in [4.78, 5) is 46.5. The quantitative estimate of drug-likeness (QED) is 0.319. The van der Waals surface area contributed by atoms with Gasteiger partial charge < -0.3 is 30.3 Å². The number of nitrogens with zero attached hydrogens (tertiary/aromatic N) is 2. The average Bonchev–Trinajstić information content (AvgIpc) is 3.13. The lowest BCUT2D eigenvalue weighted by molar-refractivity contribution is -0.138. The molecule has 3 N–H and O–H groups in total. The van der Waals surface area contributed by atoms with Gasteiger partial charge in [0, 0.05) is 30.7 Å². The monoisotopic (exact) mass is 531 g/mol. The molecule has 204 valence electrons. The molecule has 0 aliphatic carbocycles. The lowest BCUT2D eigenvalue weighted by Gasteiger charge is -2.30. The highest BCUT2D eigenvalue weighted by Gasteiger charge is 2.53. The lowest BCUT2D eigenvalue weighted by atomic mass is 9.87. The van der Waals surface area contributed by atoms with Gasteiger partial charge in [-0.2, -0.15) is 0 Å². The van der Waals surface area contributed by atoms with Crippen LogP contribution < -0.4 is 20.9 Å². The Balaban J connectivity index is 1.69. The van der Waals surface area contributed by atoms with Gasteiger partial charge in [-0.1, -0.05) is 42.0 Å². The number of aromatic nitrogens is 1. The molecule has 2 heterocycles. The molecular formula is C29H33N5O5. The number of carbonyl (C=O) groups is 3. The maximum Gasteiger partial charge on any atom is 0.320 e. The molecule has 0 radical (unpaired) electrons. The molecule has 10 nitrogen and oxygen atoms in total. The van der Waals surface area contributed by atoms with Crippen molar-refractivity contribution in [3.05, 3.63) is 84.1 Å². The summed E-state index contributed by atoms with van der Waals surface area (Å²) in [6.45, 7) is 6.50. The van der Waals surface area contributed by atoms with E-state index in [0.717, 1.165) is 5.56 Å². The first-order valence-corrected chi connectivity index (χ1v) is 12.9. The number of rotatable bonds is 11. The summed E-state index contributed by atoms with van der Waals surface area (Å²) < 4.78 is 11.4. The van der Waals surface area contributed by atoms with E-state index in [-0.39, 0.29) is 13.0 Å². The zero-order valence-corrected chi connectivity index (χ0v) is 22.3. The van der Waals surface area contributed by atoms with Crippen LogP contribution in [-0.4, -0.2) is 48.9 Å². The zero-order valence-electron chi connectivity index (χ0n) is 22.3. The Morgan fingerprint density at radius 3 is 2.31 bits per heavy atom. The van der Waals surface area contributed by atoms with Crippen molar-refractivity contribution in [2.24, 2.45) is 0 Å². The molecule has 0 saturated heterocycles. The molecule has 10 heteroatoms. The van der Waals surface area contributed by atoms with Gasteiger partial charge in [0.25, 0.3) is 5.91 Å². The molecule has 0 unspecified atom stereocenters. The fourth-order valence-corrected chi connectivity index (χ4v) is 4.57. The van der Waals surface area contributed by atoms with Gasteiger partial charge in [0.15, 0.2) is 11.8 Å². The zero-order chi connectivity index (χ0) is 27.8. The fourth-order valence-electron chi connectivity index (χ4n) is 4.57. The molecule has 1 aliphatic heterocycles. The minimum Gasteiger partial charge on any atom is -0.351 e. The van der Waals surface area contributed by atoms with Crippen LogP contribution in [0.4, 0.5) is 22.0 Å². The number of amides is 4. The van der Waals surface area contributed by atoms with Crippen molar-refractivity contribution in [2.45, 2.75) is 39.0 Å². The maximum absolute atomic E-state index is 14.2. The van der Waals surface area contributed by atoms with Gasteiger partial charge in [0.1, 0.15) is 5.82 Å².